The number of ether oxygens (including phenoxy) is 1. The smallest absolute Gasteiger partial charge is 0.142 e. The molecule has 3 aromatic rings. The van der Waals surface area contributed by atoms with Crippen molar-refractivity contribution < 1.29 is 9.13 Å². The number of fused-ring (bicyclic) bond motifs is 1. The summed E-state index contributed by atoms with van der Waals surface area (Å²) in [5.74, 6) is 0.702. The molecule has 0 aliphatic carbocycles. The molecule has 1 aromatic heterocycles. The maximum Gasteiger partial charge on any atom is 0.142 e. The molecule has 1 aliphatic heterocycles. The van der Waals surface area contributed by atoms with Crippen molar-refractivity contribution in [3.63, 3.8) is 0 Å². The first-order valence-electron chi connectivity index (χ1n) is 10.0. The molecule has 0 bridgehead atoms. The van der Waals surface area contributed by atoms with Gasteiger partial charge in [-0.2, -0.15) is 0 Å². The quantitative estimate of drug-likeness (QED) is 0.660. The Morgan fingerprint density at radius 2 is 1.90 bits per heavy atom. The van der Waals surface area contributed by atoms with E-state index in [2.05, 4.69) is 26.9 Å². The highest BCUT2D eigenvalue weighted by molar-refractivity contribution is 7.18. The number of anilines is 1. The van der Waals surface area contributed by atoms with E-state index in [0.717, 1.165) is 59.4 Å². The molecule has 1 atom stereocenters. The molecule has 0 spiro atoms. The maximum atomic E-state index is 13.4. The summed E-state index contributed by atoms with van der Waals surface area (Å²) in [4.78, 5) is 9.34. The predicted octanol–water partition coefficient (Wildman–Crippen LogP) is 4.04. The lowest BCUT2D eigenvalue weighted by Gasteiger charge is -2.37. The van der Waals surface area contributed by atoms with E-state index in [9.17, 15) is 4.39 Å². The Kier molecular flexibility index (Phi) is 5.99. The largest absolute Gasteiger partial charge is 0.489 e. The fourth-order valence-electron chi connectivity index (χ4n) is 3.67. The van der Waals surface area contributed by atoms with Gasteiger partial charge in [-0.3, -0.25) is 4.90 Å². The number of piperazine rings is 1. The van der Waals surface area contributed by atoms with Gasteiger partial charge in [0.15, 0.2) is 0 Å². The van der Waals surface area contributed by atoms with Crippen molar-refractivity contribution in [1.29, 1.82) is 0 Å². The summed E-state index contributed by atoms with van der Waals surface area (Å²) in [7, 11) is 0. The summed E-state index contributed by atoms with van der Waals surface area (Å²) in [6, 6.07) is 12.7. The highest BCUT2D eigenvalue weighted by Gasteiger charge is 2.23. The SMILES string of the molecule is CC(C)Oc1ccccc1N1CCN(CC(N)c2nc3ccc(F)cc3s2)CC1. The summed E-state index contributed by atoms with van der Waals surface area (Å²) in [6.45, 7) is 8.57. The van der Waals surface area contributed by atoms with Crippen LogP contribution in [0.25, 0.3) is 10.2 Å². The van der Waals surface area contributed by atoms with E-state index < -0.39 is 0 Å². The number of nitrogens with zero attached hydrogens (tertiary/aromatic N) is 3. The summed E-state index contributed by atoms with van der Waals surface area (Å²) in [6.07, 6.45) is 0.151. The molecule has 1 saturated heterocycles. The molecular formula is C22H27FN4OS. The second-order valence-electron chi connectivity index (χ2n) is 7.69. The second kappa shape index (κ2) is 8.65. The molecule has 2 aromatic carbocycles. The zero-order valence-electron chi connectivity index (χ0n) is 16.8. The zero-order valence-corrected chi connectivity index (χ0v) is 17.7. The summed E-state index contributed by atoms with van der Waals surface area (Å²) >= 11 is 1.48. The third kappa shape index (κ3) is 4.69. The Labute approximate surface area is 174 Å². The first-order chi connectivity index (χ1) is 14.0. The van der Waals surface area contributed by atoms with Gasteiger partial charge in [-0.15, -0.1) is 11.3 Å². The normalized spacial score (nSPS) is 16.5. The van der Waals surface area contributed by atoms with Crippen LogP contribution in [0, 0.1) is 5.82 Å². The van der Waals surface area contributed by atoms with Crippen LogP contribution in [0.15, 0.2) is 42.5 Å². The fourth-order valence-corrected chi connectivity index (χ4v) is 4.66. The number of benzene rings is 2. The van der Waals surface area contributed by atoms with Gasteiger partial charge in [-0.05, 0) is 44.2 Å². The number of para-hydroxylation sites is 2. The van der Waals surface area contributed by atoms with Crippen LogP contribution < -0.4 is 15.4 Å². The number of hydrogen-bond donors (Lipinski definition) is 1. The molecular weight excluding hydrogens is 387 g/mol. The average molecular weight is 415 g/mol. The van der Waals surface area contributed by atoms with Gasteiger partial charge in [0.1, 0.15) is 16.6 Å². The highest BCUT2D eigenvalue weighted by Crippen LogP contribution is 2.30. The van der Waals surface area contributed by atoms with Crippen LogP contribution in [-0.4, -0.2) is 48.7 Å². The second-order valence-corrected chi connectivity index (χ2v) is 8.75. The number of rotatable bonds is 6. The Balaban J connectivity index is 1.37. The summed E-state index contributed by atoms with van der Waals surface area (Å²) in [5, 5.41) is 0.865. The van der Waals surface area contributed by atoms with E-state index in [0.29, 0.717) is 0 Å². The molecule has 154 valence electrons. The lowest BCUT2D eigenvalue weighted by atomic mass is 10.2. The minimum absolute atomic E-state index is 0.151. The zero-order chi connectivity index (χ0) is 20.4. The predicted molar refractivity (Wildman–Crippen MR) is 117 cm³/mol. The van der Waals surface area contributed by atoms with Crippen molar-refractivity contribution in [2.45, 2.75) is 26.0 Å². The van der Waals surface area contributed by atoms with Crippen LogP contribution in [-0.2, 0) is 0 Å². The first-order valence-corrected chi connectivity index (χ1v) is 10.9. The molecule has 0 amide bonds. The molecule has 0 saturated carbocycles. The Bertz CT molecular complexity index is 968. The van der Waals surface area contributed by atoms with Gasteiger partial charge in [0.2, 0.25) is 0 Å². The van der Waals surface area contributed by atoms with Crippen LogP contribution in [0.5, 0.6) is 5.75 Å². The Morgan fingerprint density at radius 1 is 1.14 bits per heavy atom. The number of halogens is 1. The van der Waals surface area contributed by atoms with Gasteiger partial charge in [-0.25, -0.2) is 9.37 Å². The maximum absolute atomic E-state index is 13.4. The van der Waals surface area contributed by atoms with Gasteiger partial charge in [0.05, 0.1) is 28.0 Å². The van der Waals surface area contributed by atoms with E-state index in [1.165, 1.54) is 23.5 Å². The molecule has 5 nitrogen and oxygen atoms in total. The summed E-state index contributed by atoms with van der Waals surface area (Å²) < 4.78 is 20.2. The van der Waals surface area contributed by atoms with E-state index >= 15 is 0 Å². The standard InChI is InChI=1S/C22H27FN4OS/c1-15(2)28-20-6-4-3-5-19(20)27-11-9-26(10-12-27)14-17(24)22-25-18-8-7-16(23)13-21(18)29-22/h3-8,13,15,17H,9-12,14,24H2,1-2H3. The third-order valence-electron chi connectivity index (χ3n) is 5.08. The van der Waals surface area contributed by atoms with E-state index in [-0.39, 0.29) is 18.0 Å². The summed E-state index contributed by atoms with van der Waals surface area (Å²) in [5.41, 5.74) is 8.40. The van der Waals surface area contributed by atoms with Gasteiger partial charge in [-0.1, -0.05) is 12.1 Å². The molecule has 2 heterocycles. The number of nitrogens with two attached hydrogens (primary N) is 1. The topological polar surface area (TPSA) is 54.6 Å². The monoisotopic (exact) mass is 414 g/mol. The fraction of sp³-hybridized carbons (Fsp3) is 0.409. The van der Waals surface area contributed by atoms with Crippen LogP contribution >= 0.6 is 11.3 Å². The molecule has 2 N–H and O–H groups in total. The lowest BCUT2D eigenvalue weighted by molar-refractivity contribution is 0.233. The van der Waals surface area contributed by atoms with Crippen molar-refractivity contribution in [1.82, 2.24) is 9.88 Å². The number of aromatic nitrogens is 1. The lowest BCUT2D eigenvalue weighted by Crippen LogP contribution is -2.48. The Hall–Kier alpha value is -2.22. The van der Waals surface area contributed by atoms with Gasteiger partial charge < -0.3 is 15.4 Å². The van der Waals surface area contributed by atoms with Crippen LogP contribution in [0.1, 0.15) is 24.9 Å². The molecule has 29 heavy (non-hydrogen) atoms. The molecule has 1 fully saturated rings. The van der Waals surface area contributed by atoms with Gasteiger partial charge in [0.25, 0.3) is 0 Å². The molecule has 1 aliphatic rings. The molecule has 0 radical (unpaired) electrons. The van der Waals surface area contributed by atoms with Gasteiger partial charge in [0, 0.05) is 32.7 Å². The van der Waals surface area contributed by atoms with E-state index in [1.54, 1.807) is 6.07 Å². The minimum Gasteiger partial charge on any atom is -0.489 e. The highest BCUT2D eigenvalue weighted by atomic mass is 32.1. The Morgan fingerprint density at radius 3 is 2.66 bits per heavy atom. The van der Waals surface area contributed by atoms with Crippen molar-refractivity contribution in [2.24, 2.45) is 5.73 Å². The van der Waals surface area contributed by atoms with Crippen LogP contribution in [0.2, 0.25) is 0 Å². The van der Waals surface area contributed by atoms with Crippen molar-refractivity contribution in [3.8, 4) is 5.75 Å². The number of thiazole rings is 1. The van der Waals surface area contributed by atoms with E-state index in [4.69, 9.17) is 10.5 Å². The van der Waals surface area contributed by atoms with Crippen molar-refractivity contribution in [2.75, 3.05) is 37.6 Å². The average Bonchev–Trinajstić information content (AvgIpc) is 3.12. The molecule has 4 rings (SSSR count). The van der Waals surface area contributed by atoms with Crippen LogP contribution in [0.4, 0.5) is 10.1 Å². The molecule has 7 heteroatoms. The van der Waals surface area contributed by atoms with Crippen molar-refractivity contribution in [3.05, 3.63) is 53.3 Å². The number of hydrogen-bond acceptors (Lipinski definition) is 6. The van der Waals surface area contributed by atoms with Crippen LogP contribution in [0.3, 0.4) is 0 Å². The van der Waals surface area contributed by atoms with Gasteiger partial charge >= 0.3 is 0 Å². The van der Waals surface area contributed by atoms with E-state index in [1.807, 2.05) is 26.0 Å². The first kappa shape index (κ1) is 20.1. The third-order valence-corrected chi connectivity index (χ3v) is 6.23. The minimum atomic E-state index is -0.237. The van der Waals surface area contributed by atoms with Crippen molar-refractivity contribution >= 4 is 27.2 Å². The molecule has 1 unspecified atom stereocenters.